The van der Waals surface area contributed by atoms with Gasteiger partial charge in [-0.05, 0) is 73.8 Å². The number of ether oxygens (including phenoxy) is 1. The Labute approximate surface area is 223 Å². The number of halogens is 4. The molecule has 0 aromatic heterocycles. The summed E-state index contributed by atoms with van der Waals surface area (Å²) in [6.07, 6.45) is 12.0. The average Bonchev–Trinajstić information content (AvgIpc) is 2.93. The van der Waals surface area contributed by atoms with Crippen LogP contribution in [-0.4, -0.2) is 6.61 Å². The molecule has 38 heavy (non-hydrogen) atoms. The molecular weight excluding hydrogens is 488 g/mol. The first-order valence-electron chi connectivity index (χ1n) is 13.8. The van der Waals surface area contributed by atoms with Crippen LogP contribution in [0.15, 0.2) is 60.2 Å². The van der Waals surface area contributed by atoms with E-state index in [-0.39, 0.29) is 23.5 Å². The van der Waals surface area contributed by atoms with E-state index >= 15 is 4.39 Å². The molecule has 4 rings (SSSR count). The van der Waals surface area contributed by atoms with Crippen molar-refractivity contribution in [2.45, 2.75) is 71.6 Å². The van der Waals surface area contributed by atoms with Gasteiger partial charge in [-0.1, -0.05) is 80.7 Å². The lowest BCUT2D eigenvalue weighted by atomic mass is 9.84. The Morgan fingerprint density at radius 3 is 2.00 bits per heavy atom. The Bertz CT molecular complexity index is 1260. The molecule has 1 unspecified atom stereocenters. The molecule has 202 valence electrons. The Balaban J connectivity index is 1.42. The number of allylic oxidation sites excluding steroid dienone is 2. The van der Waals surface area contributed by atoms with E-state index in [1.807, 2.05) is 0 Å². The zero-order chi connectivity index (χ0) is 27.1. The van der Waals surface area contributed by atoms with Gasteiger partial charge in [0.05, 0.1) is 6.61 Å². The van der Waals surface area contributed by atoms with Gasteiger partial charge in [0.2, 0.25) is 5.82 Å². The summed E-state index contributed by atoms with van der Waals surface area (Å²) in [4.78, 5) is 0. The van der Waals surface area contributed by atoms with Gasteiger partial charge in [-0.2, -0.15) is 4.39 Å². The topological polar surface area (TPSA) is 9.23 Å². The van der Waals surface area contributed by atoms with Crippen LogP contribution in [0.25, 0.3) is 22.3 Å². The highest BCUT2D eigenvalue weighted by molar-refractivity contribution is 5.71. The minimum absolute atomic E-state index is 0.0730. The molecule has 0 radical (unpaired) electrons. The van der Waals surface area contributed by atoms with Crippen LogP contribution >= 0.6 is 0 Å². The predicted molar refractivity (Wildman–Crippen MR) is 146 cm³/mol. The molecule has 1 atom stereocenters. The van der Waals surface area contributed by atoms with Crippen LogP contribution in [0.5, 0.6) is 5.75 Å². The highest BCUT2D eigenvalue weighted by atomic mass is 19.2. The maximum absolute atomic E-state index is 15.1. The SMILES string of the molecule is CCCCCC1CC=C(CCc2ccc(-c3ccc(-c4ccc(OCC)c(F)c4F)cc3)c(F)c2F)CC1. The standard InChI is InChI=1S/C33H36F4O/c1-3-5-6-7-22-8-10-23(11-9-22)12-13-26-18-19-27(31(35)30(26)34)24-14-16-25(17-15-24)28-20-21-29(38-4-2)33(37)32(28)36/h10,14-22H,3-9,11-13H2,1-2H3. The monoisotopic (exact) mass is 524 g/mol. The Kier molecular flexibility index (Phi) is 9.65. The van der Waals surface area contributed by atoms with E-state index < -0.39 is 23.3 Å². The van der Waals surface area contributed by atoms with Gasteiger partial charge in [-0.3, -0.25) is 0 Å². The molecule has 3 aromatic rings. The molecule has 0 saturated heterocycles. The average molecular weight is 525 g/mol. The van der Waals surface area contributed by atoms with Crippen LogP contribution < -0.4 is 4.74 Å². The van der Waals surface area contributed by atoms with Crippen LogP contribution in [-0.2, 0) is 6.42 Å². The molecule has 0 heterocycles. The maximum atomic E-state index is 15.1. The van der Waals surface area contributed by atoms with E-state index in [9.17, 15) is 13.2 Å². The number of aryl methyl sites for hydroxylation is 1. The fraction of sp³-hybridized carbons (Fsp3) is 0.394. The lowest BCUT2D eigenvalue weighted by Gasteiger charge is -2.22. The third-order valence-electron chi connectivity index (χ3n) is 7.56. The van der Waals surface area contributed by atoms with E-state index in [0.29, 0.717) is 23.1 Å². The van der Waals surface area contributed by atoms with Crippen molar-refractivity contribution in [1.29, 1.82) is 0 Å². The van der Waals surface area contributed by atoms with Crippen LogP contribution in [0.1, 0.15) is 70.8 Å². The van der Waals surface area contributed by atoms with Gasteiger partial charge in [0.15, 0.2) is 23.2 Å². The molecule has 0 aliphatic heterocycles. The predicted octanol–water partition coefficient (Wildman–Crippen LogP) is 10.2. The van der Waals surface area contributed by atoms with E-state index in [1.165, 1.54) is 49.8 Å². The smallest absolute Gasteiger partial charge is 0.201 e. The van der Waals surface area contributed by atoms with Gasteiger partial charge < -0.3 is 4.74 Å². The number of benzene rings is 3. The van der Waals surface area contributed by atoms with Gasteiger partial charge >= 0.3 is 0 Å². The summed E-state index contributed by atoms with van der Waals surface area (Å²) in [5.74, 6) is -3.15. The summed E-state index contributed by atoms with van der Waals surface area (Å²) >= 11 is 0. The van der Waals surface area contributed by atoms with Gasteiger partial charge in [0.25, 0.3) is 0 Å². The zero-order valence-corrected chi connectivity index (χ0v) is 22.3. The number of rotatable bonds is 11. The fourth-order valence-electron chi connectivity index (χ4n) is 5.27. The van der Waals surface area contributed by atoms with Crippen molar-refractivity contribution in [3.05, 3.63) is 89.0 Å². The lowest BCUT2D eigenvalue weighted by molar-refractivity contribution is 0.314. The second-order valence-corrected chi connectivity index (χ2v) is 10.1. The molecule has 0 bridgehead atoms. The summed E-state index contributed by atoms with van der Waals surface area (Å²) in [5.41, 5.74) is 2.83. The first-order chi connectivity index (χ1) is 18.4. The number of hydrogen-bond donors (Lipinski definition) is 0. The van der Waals surface area contributed by atoms with E-state index in [0.717, 1.165) is 25.2 Å². The molecule has 1 nitrogen and oxygen atoms in total. The summed E-state index contributed by atoms with van der Waals surface area (Å²) in [5, 5.41) is 0. The number of unbranched alkanes of at least 4 members (excludes halogenated alkanes) is 2. The van der Waals surface area contributed by atoms with Gasteiger partial charge in [-0.25, -0.2) is 13.2 Å². The van der Waals surface area contributed by atoms with Crippen molar-refractivity contribution in [3.63, 3.8) is 0 Å². The van der Waals surface area contributed by atoms with E-state index in [1.54, 1.807) is 43.3 Å². The summed E-state index contributed by atoms with van der Waals surface area (Å²) in [6.45, 7) is 4.14. The first-order valence-corrected chi connectivity index (χ1v) is 13.8. The summed E-state index contributed by atoms with van der Waals surface area (Å²) in [7, 11) is 0. The molecule has 5 heteroatoms. The lowest BCUT2D eigenvalue weighted by Crippen LogP contribution is -2.07. The third-order valence-corrected chi connectivity index (χ3v) is 7.56. The zero-order valence-electron chi connectivity index (χ0n) is 22.3. The Morgan fingerprint density at radius 1 is 0.737 bits per heavy atom. The second-order valence-electron chi connectivity index (χ2n) is 10.1. The fourth-order valence-corrected chi connectivity index (χ4v) is 5.27. The minimum atomic E-state index is -1.05. The van der Waals surface area contributed by atoms with Crippen LogP contribution in [0.3, 0.4) is 0 Å². The minimum Gasteiger partial charge on any atom is -0.491 e. The van der Waals surface area contributed by atoms with E-state index in [4.69, 9.17) is 4.74 Å². The van der Waals surface area contributed by atoms with Crippen molar-refractivity contribution in [2.24, 2.45) is 5.92 Å². The third kappa shape index (κ3) is 6.48. The van der Waals surface area contributed by atoms with Crippen molar-refractivity contribution in [1.82, 2.24) is 0 Å². The van der Waals surface area contributed by atoms with Crippen molar-refractivity contribution in [2.75, 3.05) is 6.61 Å². The van der Waals surface area contributed by atoms with Crippen molar-refractivity contribution < 1.29 is 22.3 Å². The van der Waals surface area contributed by atoms with Crippen LogP contribution in [0, 0.1) is 29.2 Å². The highest BCUT2D eigenvalue weighted by Crippen LogP contribution is 2.34. The molecule has 0 fully saturated rings. The molecule has 0 spiro atoms. The van der Waals surface area contributed by atoms with Gasteiger partial charge in [0.1, 0.15) is 0 Å². The summed E-state index contributed by atoms with van der Waals surface area (Å²) in [6, 6.07) is 12.4. The molecule has 1 aliphatic carbocycles. The Hall–Kier alpha value is -3.08. The Morgan fingerprint density at radius 2 is 1.39 bits per heavy atom. The number of hydrogen-bond acceptors (Lipinski definition) is 1. The molecule has 1 aliphatic rings. The largest absolute Gasteiger partial charge is 0.491 e. The normalized spacial score (nSPS) is 15.4. The van der Waals surface area contributed by atoms with Crippen molar-refractivity contribution >= 4 is 0 Å². The van der Waals surface area contributed by atoms with Gasteiger partial charge in [-0.15, -0.1) is 0 Å². The summed E-state index contributed by atoms with van der Waals surface area (Å²) < 4.78 is 64.0. The molecule has 0 N–H and O–H groups in total. The quantitative estimate of drug-likeness (QED) is 0.138. The maximum Gasteiger partial charge on any atom is 0.201 e. The van der Waals surface area contributed by atoms with Crippen LogP contribution in [0.2, 0.25) is 0 Å². The van der Waals surface area contributed by atoms with Crippen LogP contribution in [0.4, 0.5) is 17.6 Å². The first kappa shape index (κ1) is 27.9. The highest BCUT2D eigenvalue weighted by Gasteiger charge is 2.19. The molecule has 3 aromatic carbocycles. The van der Waals surface area contributed by atoms with E-state index in [2.05, 4.69) is 13.0 Å². The molecular formula is C33H36F4O. The second kappa shape index (κ2) is 13.1. The van der Waals surface area contributed by atoms with Crippen molar-refractivity contribution in [3.8, 4) is 28.0 Å². The molecule has 0 saturated carbocycles. The van der Waals surface area contributed by atoms with Gasteiger partial charge in [0, 0.05) is 11.1 Å². The molecule has 0 amide bonds.